The summed E-state index contributed by atoms with van der Waals surface area (Å²) in [6.45, 7) is 3.88. The van der Waals surface area contributed by atoms with Gasteiger partial charge in [-0.25, -0.2) is 4.79 Å². The van der Waals surface area contributed by atoms with Gasteiger partial charge in [0.1, 0.15) is 5.75 Å². The second-order valence-electron chi connectivity index (χ2n) is 4.89. The minimum absolute atomic E-state index is 0.118. The van der Waals surface area contributed by atoms with E-state index in [1.165, 1.54) is 6.92 Å². The van der Waals surface area contributed by atoms with Crippen molar-refractivity contribution in [2.75, 3.05) is 13.2 Å². The number of imide groups is 1. The molecule has 1 aromatic carbocycles. The number of halogens is 1. The highest BCUT2D eigenvalue weighted by Gasteiger charge is 2.19. The Morgan fingerprint density at radius 2 is 2.04 bits per heavy atom. The Morgan fingerprint density at radius 1 is 1.29 bits per heavy atom. The van der Waals surface area contributed by atoms with Crippen LogP contribution in [-0.2, 0) is 14.3 Å². The van der Waals surface area contributed by atoms with Crippen LogP contribution in [0.4, 0.5) is 4.79 Å². The molecule has 2 N–H and O–H groups in total. The number of benzene rings is 1. The number of nitrogens with one attached hydrogen (secondary N) is 2. The average Bonchev–Trinajstić information content (AvgIpc) is 2.51. The van der Waals surface area contributed by atoms with Crippen molar-refractivity contribution in [2.45, 2.75) is 32.8 Å². The van der Waals surface area contributed by atoms with Gasteiger partial charge in [0, 0.05) is 17.4 Å². The maximum Gasteiger partial charge on any atom is 0.321 e. The topological polar surface area (TPSA) is 93.7 Å². The Labute approximate surface area is 149 Å². The highest BCUT2D eigenvalue weighted by molar-refractivity contribution is 9.10. The lowest BCUT2D eigenvalue weighted by atomic mass is 10.3. The second-order valence-corrected chi connectivity index (χ2v) is 5.81. The van der Waals surface area contributed by atoms with E-state index >= 15 is 0 Å². The first-order valence-electron chi connectivity index (χ1n) is 7.59. The lowest BCUT2D eigenvalue weighted by molar-refractivity contribution is -0.154. The summed E-state index contributed by atoms with van der Waals surface area (Å²) in [5, 5.41) is 4.50. The van der Waals surface area contributed by atoms with Crippen LogP contribution in [0.2, 0.25) is 0 Å². The molecule has 1 rings (SSSR count). The number of hydrogen-bond donors (Lipinski definition) is 2. The molecule has 0 aliphatic carbocycles. The highest BCUT2D eigenvalue weighted by atomic mass is 79.9. The minimum Gasteiger partial charge on any atom is -0.494 e. The molecule has 0 bridgehead atoms. The third kappa shape index (κ3) is 7.96. The number of esters is 1. The molecule has 3 amide bonds. The zero-order chi connectivity index (χ0) is 17.9. The van der Waals surface area contributed by atoms with Gasteiger partial charge < -0.3 is 14.8 Å². The summed E-state index contributed by atoms with van der Waals surface area (Å²) < 4.78 is 11.4. The molecule has 0 fully saturated rings. The predicted molar refractivity (Wildman–Crippen MR) is 91.6 cm³/mol. The van der Waals surface area contributed by atoms with Gasteiger partial charge in [-0.3, -0.25) is 14.9 Å². The van der Waals surface area contributed by atoms with Gasteiger partial charge in [0.15, 0.2) is 6.10 Å². The van der Waals surface area contributed by atoms with Crippen LogP contribution in [0.25, 0.3) is 0 Å². The number of carbonyl (C=O) groups excluding carboxylic acids is 3. The molecule has 0 spiro atoms. The molecule has 1 atom stereocenters. The number of rotatable bonds is 8. The minimum atomic E-state index is -1.04. The highest BCUT2D eigenvalue weighted by Crippen LogP contribution is 2.17. The molecule has 0 aliphatic heterocycles. The molecule has 0 heterocycles. The molecule has 0 saturated heterocycles. The van der Waals surface area contributed by atoms with Gasteiger partial charge in [-0.05, 0) is 38.5 Å². The zero-order valence-corrected chi connectivity index (χ0v) is 15.2. The quantitative estimate of drug-likeness (QED) is 0.516. The lowest BCUT2D eigenvalue weighted by Crippen LogP contribution is -2.44. The van der Waals surface area contributed by atoms with Gasteiger partial charge in [0.05, 0.1) is 6.61 Å². The molecule has 0 radical (unpaired) electrons. The SMILES string of the molecule is CCNC(=O)NC(=O)C(C)OC(=O)CCCOc1cccc(Br)c1. The fourth-order valence-corrected chi connectivity index (χ4v) is 2.07. The Kier molecular flexibility index (Phi) is 8.85. The van der Waals surface area contributed by atoms with Crippen molar-refractivity contribution >= 4 is 33.8 Å². The fraction of sp³-hybridized carbons (Fsp3) is 0.438. The normalized spacial score (nSPS) is 11.3. The van der Waals surface area contributed by atoms with Crippen LogP contribution in [0.3, 0.4) is 0 Å². The summed E-state index contributed by atoms with van der Waals surface area (Å²) in [4.78, 5) is 34.5. The number of urea groups is 1. The molecular formula is C16H21BrN2O5. The molecule has 0 aliphatic rings. The zero-order valence-electron chi connectivity index (χ0n) is 13.6. The molecule has 132 valence electrons. The van der Waals surface area contributed by atoms with Gasteiger partial charge >= 0.3 is 12.0 Å². The van der Waals surface area contributed by atoms with Gasteiger partial charge in [-0.15, -0.1) is 0 Å². The van der Waals surface area contributed by atoms with Crippen LogP contribution >= 0.6 is 15.9 Å². The predicted octanol–water partition coefficient (Wildman–Crippen LogP) is 2.39. The van der Waals surface area contributed by atoms with Crippen LogP contribution in [-0.4, -0.2) is 37.2 Å². The Balaban J connectivity index is 2.23. The summed E-state index contributed by atoms with van der Waals surface area (Å²) in [5.74, 6) is -0.487. The number of carbonyl (C=O) groups is 3. The lowest BCUT2D eigenvalue weighted by Gasteiger charge is -2.13. The molecule has 0 saturated carbocycles. The summed E-state index contributed by atoms with van der Waals surface area (Å²) >= 11 is 3.34. The van der Waals surface area contributed by atoms with Crippen LogP contribution in [0.15, 0.2) is 28.7 Å². The van der Waals surface area contributed by atoms with Crippen molar-refractivity contribution in [2.24, 2.45) is 0 Å². The van der Waals surface area contributed by atoms with Crippen LogP contribution in [0.5, 0.6) is 5.75 Å². The first-order chi connectivity index (χ1) is 11.4. The summed E-state index contributed by atoms with van der Waals surface area (Å²) in [5.41, 5.74) is 0. The van der Waals surface area contributed by atoms with Crippen molar-refractivity contribution in [3.8, 4) is 5.75 Å². The molecule has 7 nitrogen and oxygen atoms in total. The summed E-state index contributed by atoms with van der Waals surface area (Å²) in [7, 11) is 0. The average molecular weight is 401 g/mol. The second kappa shape index (κ2) is 10.6. The molecule has 1 aromatic rings. The van der Waals surface area contributed by atoms with Crippen LogP contribution in [0.1, 0.15) is 26.7 Å². The number of amides is 3. The van der Waals surface area contributed by atoms with Gasteiger partial charge in [0.2, 0.25) is 0 Å². The monoisotopic (exact) mass is 400 g/mol. The Hall–Kier alpha value is -2.09. The van der Waals surface area contributed by atoms with E-state index in [0.29, 0.717) is 25.3 Å². The van der Waals surface area contributed by atoms with E-state index in [0.717, 1.165) is 4.47 Å². The number of ether oxygens (including phenoxy) is 2. The van der Waals surface area contributed by atoms with Crippen molar-refractivity contribution in [1.29, 1.82) is 0 Å². The third-order valence-electron chi connectivity index (χ3n) is 2.84. The van der Waals surface area contributed by atoms with E-state index in [9.17, 15) is 14.4 Å². The Morgan fingerprint density at radius 3 is 2.71 bits per heavy atom. The van der Waals surface area contributed by atoms with Gasteiger partial charge in [0.25, 0.3) is 5.91 Å². The first-order valence-corrected chi connectivity index (χ1v) is 8.38. The van der Waals surface area contributed by atoms with Gasteiger partial charge in [-0.2, -0.15) is 0 Å². The molecule has 8 heteroatoms. The third-order valence-corrected chi connectivity index (χ3v) is 3.33. The van der Waals surface area contributed by atoms with E-state index in [-0.39, 0.29) is 6.42 Å². The van der Waals surface area contributed by atoms with Crippen molar-refractivity contribution < 1.29 is 23.9 Å². The van der Waals surface area contributed by atoms with Crippen LogP contribution < -0.4 is 15.4 Å². The fourth-order valence-electron chi connectivity index (χ4n) is 1.69. The maximum atomic E-state index is 11.7. The summed E-state index contributed by atoms with van der Waals surface area (Å²) in [6, 6.07) is 6.76. The smallest absolute Gasteiger partial charge is 0.321 e. The molecule has 24 heavy (non-hydrogen) atoms. The van der Waals surface area contributed by atoms with Crippen molar-refractivity contribution in [3.05, 3.63) is 28.7 Å². The first kappa shape index (κ1) is 20.0. The van der Waals surface area contributed by atoms with E-state index in [4.69, 9.17) is 9.47 Å². The molecule has 0 aromatic heterocycles. The standard InChI is InChI=1S/C16H21BrN2O5/c1-3-18-16(22)19-15(21)11(2)24-14(20)8-5-9-23-13-7-4-6-12(17)10-13/h4,6-7,10-11H,3,5,8-9H2,1-2H3,(H2,18,19,21,22). The molecule has 1 unspecified atom stereocenters. The van der Waals surface area contributed by atoms with Crippen LogP contribution in [0, 0.1) is 0 Å². The van der Waals surface area contributed by atoms with E-state index in [1.54, 1.807) is 6.92 Å². The maximum absolute atomic E-state index is 11.7. The number of hydrogen-bond acceptors (Lipinski definition) is 5. The summed E-state index contributed by atoms with van der Waals surface area (Å²) in [6.07, 6.45) is -0.464. The van der Waals surface area contributed by atoms with E-state index < -0.39 is 24.0 Å². The Bertz CT molecular complexity index is 579. The molecular weight excluding hydrogens is 380 g/mol. The van der Waals surface area contributed by atoms with Crippen molar-refractivity contribution in [1.82, 2.24) is 10.6 Å². The van der Waals surface area contributed by atoms with E-state index in [2.05, 4.69) is 26.6 Å². The van der Waals surface area contributed by atoms with Crippen molar-refractivity contribution in [3.63, 3.8) is 0 Å². The van der Waals surface area contributed by atoms with Gasteiger partial charge in [-0.1, -0.05) is 22.0 Å². The largest absolute Gasteiger partial charge is 0.494 e. The van der Waals surface area contributed by atoms with E-state index in [1.807, 2.05) is 24.3 Å².